The molecule has 7 nitrogen and oxygen atoms in total. The molecule has 4 rings (SSSR count). The van der Waals surface area contributed by atoms with E-state index in [1.165, 1.54) is 18.2 Å². The number of nitrogens with zero attached hydrogens (tertiary/aromatic N) is 4. The van der Waals surface area contributed by atoms with Gasteiger partial charge >= 0.3 is 6.18 Å². The van der Waals surface area contributed by atoms with Crippen LogP contribution in [-0.4, -0.2) is 60.9 Å². The molecule has 34 heavy (non-hydrogen) atoms. The molecule has 1 fully saturated rings. The Morgan fingerprint density at radius 1 is 0.912 bits per heavy atom. The Morgan fingerprint density at radius 2 is 1.59 bits per heavy atom. The quantitative estimate of drug-likeness (QED) is 0.542. The molecule has 0 unspecified atom stereocenters. The first-order valence-electron chi connectivity index (χ1n) is 10.7. The third kappa shape index (κ3) is 5.22. The Balaban J connectivity index is 1.33. The fraction of sp³-hybridized carbons (Fsp3) is 0.292. The summed E-state index contributed by atoms with van der Waals surface area (Å²) >= 11 is 0. The maximum absolute atomic E-state index is 13.1. The van der Waals surface area contributed by atoms with Crippen molar-refractivity contribution in [1.82, 2.24) is 15.1 Å². The Morgan fingerprint density at radius 3 is 2.24 bits per heavy atom. The summed E-state index contributed by atoms with van der Waals surface area (Å²) in [6.45, 7) is 1.39. The topological polar surface area (TPSA) is 67.8 Å². The number of ether oxygens (including phenoxy) is 2. The molecule has 10 heteroatoms. The maximum atomic E-state index is 13.1. The third-order valence-corrected chi connectivity index (χ3v) is 5.53. The summed E-state index contributed by atoms with van der Waals surface area (Å²) in [5, 5.41) is 8.63. The van der Waals surface area contributed by atoms with Crippen LogP contribution >= 0.6 is 0 Å². The van der Waals surface area contributed by atoms with Crippen LogP contribution < -0.4 is 14.4 Å². The average molecular weight is 472 g/mol. The molecule has 3 aromatic rings. The van der Waals surface area contributed by atoms with Crippen LogP contribution in [0.1, 0.15) is 5.56 Å². The van der Waals surface area contributed by atoms with Gasteiger partial charge in [-0.25, -0.2) is 0 Å². The number of carbonyl (C=O) groups excluding carboxylic acids is 1. The SMILES string of the molecule is COc1ccccc1-c1ccc(N2CCN(C(=O)COc3ccccc3C(F)(F)F)CC2)nn1. The predicted molar refractivity (Wildman–Crippen MR) is 120 cm³/mol. The lowest BCUT2D eigenvalue weighted by Gasteiger charge is -2.35. The molecule has 0 aliphatic carbocycles. The number of aromatic nitrogens is 2. The van der Waals surface area contributed by atoms with Gasteiger partial charge in [0.05, 0.1) is 18.4 Å². The second kappa shape index (κ2) is 9.98. The minimum Gasteiger partial charge on any atom is -0.496 e. The summed E-state index contributed by atoms with van der Waals surface area (Å²) in [6, 6.07) is 16.1. The summed E-state index contributed by atoms with van der Waals surface area (Å²) < 4.78 is 49.9. The van der Waals surface area contributed by atoms with Crippen molar-refractivity contribution in [3.8, 4) is 22.8 Å². The van der Waals surface area contributed by atoms with Crippen LogP contribution in [0.25, 0.3) is 11.3 Å². The molecule has 2 heterocycles. The zero-order valence-corrected chi connectivity index (χ0v) is 18.5. The van der Waals surface area contributed by atoms with Crippen LogP contribution in [0.2, 0.25) is 0 Å². The number of para-hydroxylation sites is 2. The summed E-state index contributed by atoms with van der Waals surface area (Å²) in [7, 11) is 1.60. The molecular formula is C24H23F3N4O3. The largest absolute Gasteiger partial charge is 0.496 e. The van der Waals surface area contributed by atoms with Crippen LogP contribution in [-0.2, 0) is 11.0 Å². The van der Waals surface area contributed by atoms with Gasteiger partial charge in [-0.15, -0.1) is 10.2 Å². The van der Waals surface area contributed by atoms with Crippen molar-refractivity contribution in [2.45, 2.75) is 6.18 Å². The van der Waals surface area contributed by atoms with E-state index >= 15 is 0 Å². The van der Waals surface area contributed by atoms with Gasteiger partial charge in [-0.2, -0.15) is 13.2 Å². The van der Waals surface area contributed by atoms with Gasteiger partial charge in [-0.05, 0) is 36.4 Å². The Labute approximate surface area is 194 Å². The number of alkyl halides is 3. The van der Waals surface area contributed by atoms with Crippen molar-refractivity contribution in [3.63, 3.8) is 0 Å². The standard InChI is InChI=1S/C24H23F3N4O3/c1-33-20-8-4-2-6-17(20)19-10-11-22(29-28-19)30-12-14-31(15-13-30)23(32)16-34-21-9-5-3-7-18(21)24(25,26)27/h2-11H,12-16H2,1H3. The summed E-state index contributed by atoms with van der Waals surface area (Å²) in [5.74, 6) is 0.666. The monoisotopic (exact) mass is 472 g/mol. The molecule has 1 saturated heterocycles. The van der Waals surface area contributed by atoms with Gasteiger partial charge in [0, 0.05) is 31.7 Å². The molecule has 0 atom stereocenters. The van der Waals surface area contributed by atoms with Crippen LogP contribution in [0.5, 0.6) is 11.5 Å². The van der Waals surface area contributed by atoms with Gasteiger partial charge in [0.1, 0.15) is 11.5 Å². The minimum atomic E-state index is -4.55. The highest BCUT2D eigenvalue weighted by Crippen LogP contribution is 2.36. The number of methoxy groups -OCH3 is 1. The van der Waals surface area contributed by atoms with Crippen LogP contribution in [0.4, 0.5) is 19.0 Å². The molecular weight excluding hydrogens is 449 g/mol. The normalized spacial score (nSPS) is 14.1. The zero-order chi connectivity index (χ0) is 24.1. The van der Waals surface area contributed by atoms with E-state index in [2.05, 4.69) is 10.2 Å². The van der Waals surface area contributed by atoms with Gasteiger partial charge in [0.2, 0.25) is 0 Å². The molecule has 1 aliphatic rings. The van der Waals surface area contributed by atoms with Gasteiger partial charge < -0.3 is 19.3 Å². The molecule has 0 bridgehead atoms. The second-order valence-corrected chi connectivity index (χ2v) is 7.63. The zero-order valence-electron chi connectivity index (χ0n) is 18.5. The van der Waals surface area contributed by atoms with Crippen molar-refractivity contribution in [2.24, 2.45) is 0 Å². The highest BCUT2D eigenvalue weighted by Gasteiger charge is 2.34. The Bertz CT molecular complexity index is 1130. The van der Waals surface area contributed by atoms with E-state index in [1.807, 2.05) is 41.3 Å². The van der Waals surface area contributed by atoms with E-state index in [9.17, 15) is 18.0 Å². The van der Waals surface area contributed by atoms with E-state index in [4.69, 9.17) is 9.47 Å². The lowest BCUT2D eigenvalue weighted by atomic mass is 10.1. The highest BCUT2D eigenvalue weighted by molar-refractivity contribution is 5.78. The van der Waals surface area contributed by atoms with E-state index in [0.717, 1.165) is 11.6 Å². The Hall–Kier alpha value is -3.82. The van der Waals surface area contributed by atoms with Gasteiger partial charge in [0.25, 0.3) is 5.91 Å². The number of hydrogen-bond acceptors (Lipinski definition) is 6. The number of hydrogen-bond donors (Lipinski definition) is 0. The number of carbonyl (C=O) groups is 1. The van der Waals surface area contributed by atoms with E-state index in [-0.39, 0.29) is 11.7 Å². The summed E-state index contributed by atoms with van der Waals surface area (Å²) in [5.41, 5.74) is 0.626. The molecule has 178 valence electrons. The number of amides is 1. The molecule has 0 N–H and O–H groups in total. The summed E-state index contributed by atoms with van der Waals surface area (Å²) in [6.07, 6.45) is -4.55. The number of benzene rings is 2. The number of rotatable bonds is 6. The van der Waals surface area contributed by atoms with Crippen LogP contribution in [0.3, 0.4) is 0 Å². The van der Waals surface area contributed by atoms with Gasteiger partial charge in [-0.3, -0.25) is 4.79 Å². The van der Waals surface area contributed by atoms with Crippen molar-refractivity contribution >= 4 is 11.7 Å². The van der Waals surface area contributed by atoms with Crippen molar-refractivity contribution in [1.29, 1.82) is 0 Å². The predicted octanol–water partition coefficient (Wildman–Crippen LogP) is 3.90. The van der Waals surface area contributed by atoms with Gasteiger partial charge in [-0.1, -0.05) is 24.3 Å². The molecule has 2 aromatic carbocycles. The van der Waals surface area contributed by atoms with Gasteiger partial charge in [0.15, 0.2) is 12.4 Å². The van der Waals surface area contributed by atoms with Crippen molar-refractivity contribution in [2.75, 3.05) is 44.8 Å². The molecule has 0 saturated carbocycles. The first-order chi connectivity index (χ1) is 16.4. The third-order valence-electron chi connectivity index (χ3n) is 5.53. The fourth-order valence-corrected chi connectivity index (χ4v) is 3.74. The average Bonchev–Trinajstić information content (AvgIpc) is 2.87. The first kappa shape index (κ1) is 23.3. The Kier molecular flexibility index (Phi) is 6.85. The molecule has 0 spiro atoms. The minimum absolute atomic E-state index is 0.354. The lowest BCUT2D eigenvalue weighted by molar-refractivity contribution is -0.141. The van der Waals surface area contributed by atoms with E-state index in [0.29, 0.717) is 43.4 Å². The lowest BCUT2D eigenvalue weighted by Crippen LogP contribution is -2.50. The number of anilines is 1. The molecule has 1 amide bonds. The summed E-state index contributed by atoms with van der Waals surface area (Å²) in [4.78, 5) is 16.1. The number of piperazine rings is 1. The van der Waals surface area contributed by atoms with Crippen LogP contribution in [0.15, 0.2) is 60.7 Å². The molecule has 1 aliphatic heterocycles. The highest BCUT2D eigenvalue weighted by atomic mass is 19.4. The second-order valence-electron chi connectivity index (χ2n) is 7.63. The fourth-order valence-electron chi connectivity index (χ4n) is 3.74. The van der Waals surface area contributed by atoms with E-state index < -0.39 is 18.3 Å². The molecule has 0 radical (unpaired) electrons. The van der Waals surface area contributed by atoms with Crippen LogP contribution in [0, 0.1) is 0 Å². The maximum Gasteiger partial charge on any atom is 0.419 e. The van der Waals surface area contributed by atoms with Crippen molar-refractivity contribution in [3.05, 3.63) is 66.2 Å². The first-order valence-corrected chi connectivity index (χ1v) is 10.7. The molecule has 1 aromatic heterocycles. The van der Waals surface area contributed by atoms with Crippen molar-refractivity contribution < 1.29 is 27.4 Å². The van der Waals surface area contributed by atoms with E-state index in [1.54, 1.807) is 12.0 Å². The smallest absolute Gasteiger partial charge is 0.419 e. The number of halogens is 3.